The number of nitrogens with zero attached hydrogens (tertiary/aromatic N) is 1. The van der Waals surface area contributed by atoms with Crippen LogP contribution in [0.25, 0.3) is 11.1 Å². The molecule has 11 nitrogen and oxygen atoms in total. The molecule has 0 aliphatic carbocycles. The summed E-state index contributed by atoms with van der Waals surface area (Å²) < 4.78 is 26.9. The highest BCUT2D eigenvalue weighted by Crippen LogP contribution is 2.39. The predicted octanol–water partition coefficient (Wildman–Crippen LogP) is 3.76. The smallest absolute Gasteiger partial charge is 0.326 e. The molecule has 0 heterocycles. The number of benzene rings is 3. The number of hydrogen-bond acceptors (Lipinski definition) is 8. The molecule has 0 saturated heterocycles. The molecular weight excluding hydrogens is 532 g/mol. The fourth-order valence-corrected chi connectivity index (χ4v) is 4.43. The second-order valence-corrected chi connectivity index (χ2v) is 8.97. The van der Waals surface area contributed by atoms with Gasteiger partial charge in [-0.15, -0.1) is 0 Å². The number of carbonyl (C=O) groups is 3. The van der Waals surface area contributed by atoms with Gasteiger partial charge in [-0.05, 0) is 59.5 Å². The maximum absolute atomic E-state index is 13.8. The van der Waals surface area contributed by atoms with Crippen molar-refractivity contribution in [1.82, 2.24) is 4.90 Å². The van der Waals surface area contributed by atoms with Gasteiger partial charge < -0.3 is 39.4 Å². The van der Waals surface area contributed by atoms with Crippen molar-refractivity contribution >= 4 is 17.8 Å². The first-order chi connectivity index (χ1) is 19.7. The molecular formula is C30H34N2O9. The average molecular weight is 567 g/mol. The van der Waals surface area contributed by atoms with E-state index in [1.807, 2.05) is 12.1 Å². The molecule has 0 aromatic heterocycles. The van der Waals surface area contributed by atoms with Crippen molar-refractivity contribution in [3.63, 3.8) is 0 Å². The third-order valence-electron chi connectivity index (χ3n) is 6.51. The van der Waals surface area contributed by atoms with Gasteiger partial charge in [-0.2, -0.15) is 0 Å². The van der Waals surface area contributed by atoms with Gasteiger partial charge >= 0.3 is 5.97 Å². The summed E-state index contributed by atoms with van der Waals surface area (Å²) in [7, 11) is 7.47. The Morgan fingerprint density at radius 3 is 1.80 bits per heavy atom. The summed E-state index contributed by atoms with van der Waals surface area (Å²) in [4.78, 5) is 38.9. The first kappa shape index (κ1) is 30.6. The Balaban J connectivity index is 2.01. The number of aliphatic carboxylic acids is 1. The monoisotopic (exact) mass is 566 g/mol. The van der Waals surface area contributed by atoms with Crippen molar-refractivity contribution in [2.24, 2.45) is 5.73 Å². The number of carboxylic acids is 1. The van der Waals surface area contributed by atoms with Crippen molar-refractivity contribution in [2.75, 3.05) is 35.5 Å². The Morgan fingerprint density at radius 2 is 1.32 bits per heavy atom. The predicted molar refractivity (Wildman–Crippen MR) is 151 cm³/mol. The molecule has 0 aliphatic rings. The van der Waals surface area contributed by atoms with Gasteiger partial charge in [0.05, 0.1) is 35.5 Å². The Kier molecular flexibility index (Phi) is 10.4. The molecule has 3 N–H and O–H groups in total. The number of carbonyl (C=O) groups excluding carboxylic acids is 2. The van der Waals surface area contributed by atoms with Crippen molar-refractivity contribution in [2.45, 2.75) is 25.4 Å². The van der Waals surface area contributed by atoms with E-state index in [1.165, 1.54) is 26.2 Å². The quantitative estimate of drug-likeness (QED) is 0.298. The Hall–Kier alpha value is -4.93. The number of carboxylic acid groups (broad SMARTS) is 1. The van der Waals surface area contributed by atoms with Gasteiger partial charge in [-0.3, -0.25) is 9.59 Å². The molecule has 2 amide bonds. The van der Waals surface area contributed by atoms with E-state index in [-0.39, 0.29) is 24.9 Å². The SMILES string of the molecule is COc1ccc(-c2ccc(C(=O)N(Cc3cc(OC)c(OC)c(OC)c3)[C@@H](CCC(N)=O)C(=O)O)cc2)cc1OC. The van der Waals surface area contributed by atoms with Crippen molar-refractivity contribution in [1.29, 1.82) is 0 Å². The normalized spacial score (nSPS) is 11.2. The molecule has 41 heavy (non-hydrogen) atoms. The lowest BCUT2D eigenvalue weighted by atomic mass is 10.0. The standard InChI is InChI=1S/C30H34N2O9/c1-37-23-12-10-21(16-24(23)38-2)19-6-8-20(9-7-19)29(34)32(22(30(35)36)11-13-27(31)33)17-18-14-25(39-3)28(41-5)26(15-18)40-4/h6-10,12,14-16,22H,11,13,17H2,1-5H3,(H2,31,33)(H,35,36)/t22-/m0/s1. The molecule has 1 atom stereocenters. The van der Waals surface area contributed by atoms with Crippen LogP contribution in [0, 0.1) is 0 Å². The summed E-state index contributed by atoms with van der Waals surface area (Å²) in [6, 6.07) is 14.1. The molecule has 0 spiro atoms. The van der Waals surface area contributed by atoms with Crippen LogP contribution in [0.15, 0.2) is 54.6 Å². The second-order valence-electron chi connectivity index (χ2n) is 8.97. The van der Waals surface area contributed by atoms with Crippen LogP contribution in [0.2, 0.25) is 0 Å². The van der Waals surface area contributed by atoms with Crippen LogP contribution in [0.3, 0.4) is 0 Å². The Morgan fingerprint density at radius 1 is 0.756 bits per heavy atom. The van der Waals surface area contributed by atoms with E-state index in [2.05, 4.69) is 0 Å². The van der Waals surface area contributed by atoms with Crippen LogP contribution in [0.1, 0.15) is 28.8 Å². The lowest BCUT2D eigenvalue weighted by Gasteiger charge is -2.29. The maximum atomic E-state index is 13.8. The molecule has 0 unspecified atom stereocenters. The molecule has 11 heteroatoms. The Bertz CT molecular complexity index is 1360. The number of methoxy groups -OCH3 is 5. The van der Waals surface area contributed by atoms with Crippen LogP contribution >= 0.6 is 0 Å². The fraction of sp³-hybridized carbons (Fsp3) is 0.300. The van der Waals surface area contributed by atoms with Gasteiger partial charge in [0.15, 0.2) is 23.0 Å². The lowest BCUT2D eigenvalue weighted by molar-refractivity contribution is -0.143. The molecule has 3 aromatic rings. The highest BCUT2D eigenvalue weighted by molar-refractivity contribution is 5.97. The number of primary amides is 1. The third-order valence-corrected chi connectivity index (χ3v) is 6.51. The van der Waals surface area contributed by atoms with Crippen LogP contribution in [0.4, 0.5) is 0 Å². The number of hydrogen-bond donors (Lipinski definition) is 2. The average Bonchev–Trinajstić information content (AvgIpc) is 2.98. The number of amides is 2. The van der Waals surface area contributed by atoms with E-state index >= 15 is 0 Å². The molecule has 0 aliphatic heterocycles. The molecule has 218 valence electrons. The summed E-state index contributed by atoms with van der Waals surface area (Å²) in [6.45, 7) is -0.122. The summed E-state index contributed by atoms with van der Waals surface area (Å²) >= 11 is 0. The zero-order valence-electron chi connectivity index (χ0n) is 23.6. The van der Waals surface area contributed by atoms with E-state index in [4.69, 9.17) is 29.4 Å². The molecule has 0 bridgehead atoms. The van der Waals surface area contributed by atoms with Gasteiger partial charge in [-0.1, -0.05) is 18.2 Å². The summed E-state index contributed by atoms with van der Waals surface area (Å²) in [5, 5.41) is 10.1. The topological polar surface area (TPSA) is 147 Å². The summed E-state index contributed by atoms with van der Waals surface area (Å²) in [5.74, 6) is -0.304. The van der Waals surface area contributed by atoms with Crippen LogP contribution in [0.5, 0.6) is 28.7 Å². The molecule has 3 rings (SSSR count). The van der Waals surface area contributed by atoms with Crippen LogP contribution in [-0.4, -0.2) is 69.4 Å². The molecule has 0 fully saturated rings. The number of nitrogens with two attached hydrogens (primary N) is 1. The van der Waals surface area contributed by atoms with E-state index in [0.29, 0.717) is 34.3 Å². The van der Waals surface area contributed by atoms with Crippen molar-refractivity contribution < 1.29 is 43.2 Å². The van der Waals surface area contributed by atoms with E-state index in [9.17, 15) is 19.5 Å². The second kappa shape index (κ2) is 13.9. The number of rotatable bonds is 14. The van der Waals surface area contributed by atoms with Gasteiger partial charge in [0.1, 0.15) is 6.04 Å². The van der Waals surface area contributed by atoms with Gasteiger partial charge in [0.25, 0.3) is 5.91 Å². The zero-order chi connectivity index (χ0) is 30.1. The lowest BCUT2D eigenvalue weighted by Crippen LogP contribution is -2.45. The summed E-state index contributed by atoms with van der Waals surface area (Å²) in [6.07, 6.45) is -0.376. The minimum atomic E-state index is -1.33. The van der Waals surface area contributed by atoms with E-state index in [0.717, 1.165) is 11.1 Å². The highest BCUT2D eigenvalue weighted by Gasteiger charge is 2.31. The highest BCUT2D eigenvalue weighted by atomic mass is 16.5. The van der Waals surface area contributed by atoms with Crippen LogP contribution < -0.4 is 29.4 Å². The zero-order valence-corrected chi connectivity index (χ0v) is 23.6. The van der Waals surface area contributed by atoms with E-state index in [1.54, 1.807) is 56.7 Å². The van der Waals surface area contributed by atoms with Crippen molar-refractivity contribution in [3.8, 4) is 39.9 Å². The van der Waals surface area contributed by atoms with Gasteiger partial charge in [-0.25, -0.2) is 4.79 Å². The summed E-state index contributed by atoms with van der Waals surface area (Å²) in [5.41, 5.74) is 7.73. The minimum absolute atomic E-state index is 0.122. The van der Waals surface area contributed by atoms with Gasteiger partial charge in [0.2, 0.25) is 11.7 Å². The Labute approximate surface area is 238 Å². The molecule has 0 radical (unpaired) electrons. The molecule has 3 aromatic carbocycles. The fourth-order valence-electron chi connectivity index (χ4n) is 4.43. The van der Waals surface area contributed by atoms with Crippen LogP contribution in [-0.2, 0) is 16.1 Å². The largest absolute Gasteiger partial charge is 0.493 e. The van der Waals surface area contributed by atoms with Crippen molar-refractivity contribution in [3.05, 3.63) is 65.7 Å². The van der Waals surface area contributed by atoms with E-state index < -0.39 is 23.8 Å². The van der Waals surface area contributed by atoms with Gasteiger partial charge in [0, 0.05) is 18.5 Å². The molecule has 0 saturated carbocycles. The first-order valence-electron chi connectivity index (χ1n) is 12.6. The number of ether oxygens (including phenoxy) is 5. The minimum Gasteiger partial charge on any atom is -0.493 e. The third kappa shape index (κ3) is 7.18. The first-order valence-corrected chi connectivity index (χ1v) is 12.6. The maximum Gasteiger partial charge on any atom is 0.326 e.